The van der Waals surface area contributed by atoms with E-state index in [0.717, 1.165) is 0 Å². The van der Waals surface area contributed by atoms with E-state index >= 15 is 0 Å². The van der Waals surface area contributed by atoms with Gasteiger partial charge in [-0.25, -0.2) is 5.43 Å². The van der Waals surface area contributed by atoms with Crippen molar-refractivity contribution in [3.63, 3.8) is 0 Å². The first kappa shape index (κ1) is 29.2. The monoisotopic (exact) mass is 595 g/mol. The molecule has 0 aliphatic rings. The van der Waals surface area contributed by atoms with E-state index in [2.05, 4.69) is 31.8 Å². The van der Waals surface area contributed by atoms with Gasteiger partial charge in [-0.1, -0.05) is 18.2 Å². The summed E-state index contributed by atoms with van der Waals surface area (Å²) in [6.07, 6.45) is 2.95. The van der Waals surface area contributed by atoms with Gasteiger partial charge in [0.1, 0.15) is 17.2 Å². The summed E-state index contributed by atoms with van der Waals surface area (Å²) >= 11 is 3.50. The molecule has 0 fully saturated rings. The molecular formula is C29H30BrN3O6. The Morgan fingerprint density at radius 3 is 2.21 bits per heavy atom. The Hall–Kier alpha value is -4.31. The minimum Gasteiger partial charge on any atom is -0.497 e. The summed E-state index contributed by atoms with van der Waals surface area (Å²) in [5.74, 6) is 1.08. The number of nitrogens with one attached hydrogen (secondary N) is 2. The average molecular weight is 596 g/mol. The summed E-state index contributed by atoms with van der Waals surface area (Å²) in [7, 11) is 3.04. The molecule has 9 nitrogen and oxygen atoms in total. The molecule has 204 valence electrons. The van der Waals surface area contributed by atoms with Crippen molar-refractivity contribution in [2.75, 3.05) is 27.4 Å². The molecule has 0 saturated carbocycles. The van der Waals surface area contributed by atoms with Crippen molar-refractivity contribution in [1.82, 2.24) is 10.7 Å². The van der Waals surface area contributed by atoms with Gasteiger partial charge in [0.05, 0.1) is 33.6 Å². The first-order valence-corrected chi connectivity index (χ1v) is 12.9. The van der Waals surface area contributed by atoms with Crippen LogP contribution in [0.3, 0.4) is 0 Å². The van der Waals surface area contributed by atoms with Gasteiger partial charge in [0.15, 0.2) is 11.5 Å². The Kier molecular flexibility index (Phi) is 10.9. The molecule has 0 bridgehead atoms. The highest BCUT2D eigenvalue weighted by Gasteiger charge is 2.16. The summed E-state index contributed by atoms with van der Waals surface area (Å²) < 4.78 is 22.7. The first-order valence-electron chi connectivity index (χ1n) is 12.1. The van der Waals surface area contributed by atoms with E-state index in [-0.39, 0.29) is 5.70 Å². The predicted octanol–water partition coefficient (Wildman–Crippen LogP) is 5.18. The molecule has 0 aliphatic carbocycles. The van der Waals surface area contributed by atoms with Crippen LogP contribution in [0.15, 0.2) is 75.9 Å². The van der Waals surface area contributed by atoms with Crippen LogP contribution in [0.2, 0.25) is 0 Å². The molecule has 0 aromatic heterocycles. The van der Waals surface area contributed by atoms with E-state index < -0.39 is 11.8 Å². The number of hydrogen-bond acceptors (Lipinski definition) is 7. The number of benzene rings is 3. The number of carbonyl (C=O) groups excluding carboxylic acids is 2. The Bertz CT molecular complexity index is 1360. The molecule has 0 saturated heterocycles. The maximum atomic E-state index is 13.2. The van der Waals surface area contributed by atoms with Crippen molar-refractivity contribution < 1.29 is 28.5 Å². The van der Waals surface area contributed by atoms with Crippen molar-refractivity contribution in [2.24, 2.45) is 5.10 Å². The van der Waals surface area contributed by atoms with Gasteiger partial charge in [0, 0.05) is 21.2 Å². The minimum atomic E-state index is -0.646. The standard InChI is InChI=1S/C29H30BrN3O6/c1-5-38-26-16-21(23(30)17-27(26)39-6-2)18-31-33-29(35)24(32-28(34)19-10-8-7-9-11-19)15-20-14-22(36-3)12-13-25(20)37-4/h7-18H,5-6H2,1-4H3,(H,32,34)(H,33,35)/b24-15-,31-18-. The topological polar surface area (TPSA) is 107 Å². The van der Waals surface area contributed by atoms with Crippen LogP contribution in [0.4, 0.5) is 0 Å². The number of ether oxygens (including phenoxy) is 4. The van der Waals surface area contributed by atoms with Gasteiger partial charge < -0.3 is 24.3 Å². The van der Waals surface area contributed by atoms with E-state index in [9.17, 15) is 9.59 Å². The van der Waals surface area contributed by atoms with Crippen molar-refractivity contribution >= 4 is 40.0 Å². The second kappa shape index (κ2) is 14.6. The van der Waals surface area contributed by atoms with E-state index in [1.807, 2.05) is 13.8 Å². The Morgan fingerprint density at radius 2 is 1.56 bits per heavy atom. The molecule has 2 N–H and O–H groups in total. The van der Waals surface area contributed by atoms with Crippen molar-refractivity contribution in [3.8, 4) is 23.0 Å². The fourth-order valence-corrected chi connectivity index (χ4v) is 3.88. The molecule has 0 aliphatic heterocycles. The lowest BCUT2D eigenvalue weighted by atomic mass is 10.1. The molecule has 0 atom stereocenters. The Balaban J connectivity index is 1.91. The van der Waals surface area contributed by atoms with Crippen LogP contribution in [0.1, 0.15) is 35.3 Å². The fourth-order valence-electron chi connectivity index (χ4n) is 3.46. The highest BCUT2D eigenvalue weighted by molar-refractivity contribution is 9.10. The van der Waals surface area contributed by atoms with Crippen LogP contribution in [-0.4, -0.2) is 45.5 Å². The van der Waals surface area contributed by atoms with Crippen LogP contribution < -0.4 is 29.7 Å². The number of nitrogens with zero attached hydrogens (tertiary/aromatic N) is 1. The third-order valence-electron chi connectivity index (χ3n) is 5.30. The van der Waals surface area contributed by atoms with Crippen LogP contribution in [-0.2, 0) is 4.79 Å². The normalized spacial score (nSPS) is 11.2. The molecule has 3 rings (SSSR count). The van der Waals surface area contributed by atoms with Gasteiger partial charge in [-0.2, -0.15) is 5.10 Å². The van der Waals surface area contributed by atoms with Gasteiger partial charge >= 0.3 is 0 Å². The second-order valence-electron chi connectivity index (χ2n) is 7.87. The molecule has 3 aromatic rings. The van der Waals surface area contributed by atoms with Gasteiger partial charge in [-0.05, 0) is 78.3 Å². The maximum Gasteiger partial charge on any atom is 0.287 e. The van der Waals surface area contributed by atoms with Gasteiger partial charge in [0.25, 0.3) is 11.8 Å². The molecule has 0 spiro atoms. The SMILES string of the molecule is CCOc1cc(Br)c(/C=N\NC(=O)/C(=C/c2cc(OC)ccc2OC)NC(=O)c2ccccc2)cc1OCC. The molecule has 0 heterocycles. The van der Waals surface area contributed by atoms with Crippen molar-refractivity contribution in [1.29, 1.82) is 0 Å². The third kappa shape index (κ3) is 8.08. The van der Waals surface area contributed by atoms with E-state index in [1.165, 1.54) is 26.5 Å². The van der Waals surface area contributed by atoms with E-state index in [4.69, 9.17) is 18.9 Å². The fraction of sp³-hybridized carbons (Fsp3) is 0.207. The molecular weight excluding hydrogens is 566 g/mol. The van der Waals surface area contributed by atoms with Crippen molar-refractivity contribution in [2.45, 2.75) is 13.8 Å². The summed E-state index contributed by atoms with van der Waals surface area (Å²) in [4.78, 5) is 26.1. The van der Waals surface area contributed by atoms with E-state index in [0.29, 0.717) is 57.4 Å². The highest BCUT2D eigenvalue weighted by Crippen LogP contribution is 2.33. The minimum absolute atomic E-state index is 0.0479. The summed E-state index contributed by atoms with van der Waals surface area (Å²) in [6.45, 7) is 4.70. The zero-order valence-electron chi connectivity index (χ0n) is 22.1. The lowest BCUT2D eigenvalue weighted by Crippen LogP contribution is -2.32. The van der Waals surface area contributed by atoms with Crippen LogP contribution in [0.25, 0.3) is 6.08 Å². The Morgan fingerprint density at radius 1 is 0.872 bits per heavy atom. The third-order valence-corrected chi connectivity index (χ3v) is 5.98. The summed E-state index contributed by atoms with van der Waals surface area (Å²) in [5.41, 5.74) is 3.99. The van der Waals surface area contributed by atoms with Crippen LogP contribution in [0, 0.1) is 0 Å². The van der Waals surface area contributed by atoms with Crippen LogP contribution in [0.5, 0.6) is 23.0 Å². The second-order valence-corrected chi connectivity index (χ2v) is 8.73. The lowest BCUT2D eigenvalue weighted by Gasteiger charge is -2.13. The zero-order valence-corrected chi connectivity index (χ0v) is 23.7. The first-order chi connectivity index (χ1) is 18.9. The summed E-state index contributed by atoms with van der Waals surface area (Å²) in [6, 6.07) is 17.2. The van der Waals surface area contributed by atoms with Gasteiger partial charge in [-0.15, -0.1) is 0 Å². The number of hydrogen-bond donors (Lipinski definition) is 2. The number of methoxy groups -OCH3 is 2. The molecule has 0 radical (unpaired) electrons. The molecule has 2 amide bonds. The maximum absolute atomic E-state index is 13.2. The summed E-state index contributed by atoms with van der Waals surface area (Å²) in [5, 5.41) is 6.77. The molecule has 39 heavy (non-hydrogen) atoms. The largest absolute Gasteiger partial charge is 0.497 e. The smallest absolute Gasteiger partial charge is 0.287 e. The number of rotatable bonds is 12. The molecule has 10 heteroatoms. The molecule has 3 aromatic carbocycles. The van der Waals surface area contributed by atoms with Gasteiger partial charge in [0.2, 0.25) is 0 Å². The Labute approximate surface area is 235 Å². The number of carbonyl (C=O) groups is 2. The van der Waals surface area contributed by atoms with Crippen molar-refractivity contribution in [3.05, 3.63) is 87.5 Å². The van der Waals surface area contributed by atoms with E-state index in [1.54, 1.807) is 60.7 Å². The highest BCUT2D eigenvalue weighted by atomic mass is 79.9. The number of amides is 2. The number of halogens is 1. The number of hydrazone groups is 1. The quantitative estimate of drug-likeness (QED) is 0.170. The lowest BCUT2D eigenvalue weighted by molar-refractivity contribution is -0.117. The predicted molar refractivity (Wildman–Crippen MR) is 154 cm³/mol. The molecule has 0 unspecified atom stereocenters. The van der Waals surface area contributed by atoms with Crippen LogP contribution >= 0.6 is 15.9 Å². The zero-order chi connectivity index (χ0) is 28.2. The average Bonchev–Trinajstić information content (AvgIpc) is 2.95. The van der Waals surface area contributed by atoms with Gasteiger partial charge in [-0.3, -0.25) is 9.59 Å².